The van der Waals surface area contributed by atoms with Crippen LogP contribution in [-0.4, -0.2) is 24.0 Å². The van der Waals surface area contributed by atoms with Crippen LogP contribution < -0.4 is 4.90 Å². The number of hydrogen-bond donors (Lipinski definition) is 0. The lowest BCUT2D eigenvalue weighted by molar-refractivity contribution is -0.424. The predicted molar refractivity (Wildman–Crippen MR) is 80.6 cm³/mol. The standard InChI is InChI=1S/C17H19N2/c1-14-3-7-16(8-4-14)18-11-12-19(13-18)17-9-5-15(2)6-10-17/h3-10,13H,11-12H2,1-2H3/q+1. The molecule has 0 amide bonds. The molecule has 0 radical (unpaired) electrons. The SMILES string of the molecule is Cc1ccc(N2C=[N+](c3ccc(C)cc3)CC2)cc1. The zero-order valence-corrected chi connectivity index (χ0v) is 11.5. The fraction of sp³-hybridized carbons (Fsp3) is 0.235. The molecule has 0 bridgehead atoms. The van der Waals surface area contributed by atoms with E-state index in [1.54, 1.807) is 0 Å². The molecule has 0 saturated heterocycles. The van der Waals surface area contributed by atoms with Crippen molar-refractivity contribution >= 4 is 17.7 Å². The van der Waals surface area contributed by atoms with Crippen molar-refractivity contribution in [2.75, 3.05) is 18.0 Å². The monoisotopic (exact) mass is 251 g/mol. The Bertz CT molecular complexity index is 594. The van der Waals surface area contributed by atoms with Crippen LogP contribution in [-0.2, 0) is 0 Å². The highest BCUT2D eigenvalue weighted by atomic mass is 15.3. The van der Waals surface area contributed by atoms with Crippen LogP contribution in [0.3, 0.4) is 0 Å². The van der Waals surface area contributed by atoms with Crippen molar-refractivity contribution in [2.45, 2.75) is 13.8 Å². The lowest BCUT2D eigenvalue weighted by Gasteiger charge is -2.05. The number of hydrogen-bond acceptors (Lipinski definition) is 1. The normalized spacial score (nSPS) is 14.6. The van der Waals surface area contributed by atoms with Gasteiger partial charge in [-0.15, -0.1) is 0 Å². The Labute approximate surface area is 114 Å². The average Bonchev–Trinajstić information content (AvgIpc) is 2.90. The largest absolute Gasteiger partial charge is 0.244 e. The Hall–Kier alpha value is -2.09. The van der Waals surface area contributed by atoms with Crippen molar-refractivity contribution in [3.63, 3.8) is 0 Å². The second-order valence-corrected chi connectivity index (χ2v) is 5.17. The topological polar surface area (TPSA) is 6.25 Å². The first-order valence-corrected chi connectivity index (χ1v) is 6.74. The summed E-state index contributed by atoms with van der Waals surface area (Å²) in [6.07, 6.45) is 2.20. The third-order valence-electron chi connectivity index (χ3n) is 3.59. The maximum Gasteiger partial charge on any atom is 0.244 e. The van der Waals surface area contributed by atoms with Gasteiger partial charge in [-0.05, 0) is 38.1 Å². The molecule has 0 N–H and O–H groups in total. The van der Waals surface area contributed by atoms with Crippen molar-refractivity contribution in [3.05, 3.63) is 59.7 Å². The summed E-state index contributed by atoms with van der Waals surface area (Å²) in [6, 6.07) is 17.4. The van der Waals surface area contributed by atoms with E-state index in [4.69, 9.17) is 0 Å². The van der Waals surface area contributed by atoms with Gasteiger partial charge in [0.05, 0.1) is 0 Å². The van der Waals surface area contributed by atoms with Gasteiger partial charge in [0.25, 0.3) is 0 Å². The van der Waals surface area contributed by atoms with Gasteiger partial charge < -0.3 is 0 Å². The van der Waals surface area contributed by atoms with Gasteiger partial charge in [0.15, 0.2) is 0 Å². The molecule has 0 atom stereocenters. The van der Waals surface area contributed by atoms with Crippen LogP contribution in [0.1, 0.15) is 11.1 Å². The van der Waals surface area contributed by atoms with Gasteiger partial charge in [0, 0.05) is 0 Å². The maximum absolute atomic E-state index is 2.30. The Morgan fingerprint density at radius 3 is 2.05 bits per heavy atom. The van der Waals surface area contributed by atoms with Crippen LogP contribution >= 0.6 is 0 Å². The summed E-state index contributed by atoms with van der Waals surface area (Å²) in [5.41, 5.74) is 5.14. The summed E-state index contributed by atoms with van der Waals surface area (Å²) in [5, 5.41) is 0. The summed E-state index contributed by atoms with van der Waals surface area (Å²) in [4.78, 5) is 2.30. The number of anilines is 1. The third kappa shape index (κ3) is 2.53. The molecule has 0 aromatic heterocycles. The van der Waals surface area contributed by atoms with Crippen molar-refractivity contribution in [1.29, 1.82) is 0 Å². The summed E-state index contributed by atoms with van der Waals surface area (Å²) in [5.74, 6) is 0. The minimum absolute atomic E-state index is 1.04. The molecule has 19 heavy (non-hydrogen) atoms. The molecule has 3 rings (SSSR count). The predicted octanol–water partition coefficient (Wildman–Crippen LogP) is 3.50. The molecule has 2 aromatic rings. The summed E-state index contributed by atoms with van der Waals surface area (Å²) < 4.78 is 2.30. The summed E-state index contributed by atoms with van der Waals surface area (Å²) >= 11 is 0. The van der Waals surface area contributed by atoms with Crippen molar-refractivity contribution in [1.82, 2.24) is 0 Å². The van der Waals surface area contributed by atoms with Gasteiger partial charge in [0.2, 0.25) is 6.34 Å². The number of rotatable bonds is 2. The van der Waals surface area contributed by atoms with E-state index in [-0.39, 0.29) is 0 Å². The molecule has 0 saturated carbocycles. The summed E-state index contributed by atoms with van der Waals surface area (Å²) in [6.45, 7) is 6.32. The molecule has 0 fully saturated rings. The Balaban J connectivity index is 1.84. The average molecular weight is 251 g/mol. The first-order valence-electron chi connectivity index (χ1n) is 6.74. The van der Waals surface area contributed by atoms with E-state index in [1.165, 1.54) is 22.5 Å². The Kier molecular flexibility index (Phi) is 3.08. The highest BCUT2D eigenvalue weighted by Crippen LogP contribution is 2.19. The van der Waals surface area contributed by atoms with Gasteiger partial charge in [0.1, 0.15) is 24.5 Å². The van der Waals surface area contributed by atoms with Gasteiger partial charge in [-0.3, -0.25) is 0 Å². The van der Waals surface area contributed by atoms with Crippen LogP contribution in [0.4, 0.5) is 11.4 Å². The number of benzene rings is 2. The fourth-order valence-electron chi connectivity index (χ4n) is 2.36. The highest BCUT2D eigenvalue weighted by Gasteiger charge is 2.21. The quantitative estimate of drug-likeness (QED) is 0.740. The van der Waals surface area contributed by atoms with Crippen LogP contribution in [0.2, 0.25) is 0 Å². The molecular formula is C17H19N2+. The van der Waals surface area contributed by atoms with E-state index in [2.05, 4.69) is 78.2 Å². The number of aryl methyl sites for hydroxylation is 2. The molecule has 1 heterocycles. The molecule has 2 aromatic carbocycles. The van der Waals surface area contributed by atoms with Gasteiger partial charge >= 0.3 is 0 Å². The molecule has 96 valence electrons. The van der Waals surface area contributed by atoms with Crippen molar-refractivity contribution < 1.29 is 4.58 Å². The van der Waals surface area contributed by atoms with Crippen LogP contribution in [0.15, 0.2) is 48.5 Å². The first kappa shape index (κ1) is 12.0. The molecule has 2 heteroatoms. The van der Waals surface area contributed by atoms with Crippen molar-refractivity contribution in [2.24, 2.45) is 0 Å². The molecule has 0 aliphatic carbocycles. The minimum Gasteiger partial charge on any atom is -0.230 e. The van der Waals surface area contributed by atoms with Crippen LogP contribution in [0.5, 0.6) is 0 Å². The van der Waals surface area contributed by atoms with Gasteiger partial charge in [-0.2, -0.15) is 0 Å². The van der Waals surface area contributed by atoms with E-state index in [9.17, 15) is 0 Å². The van der Waals surface area contributed by atoms with Crippen LogP contribution in [0, 0.1) is 13.8 Å². The fourth-order valence-corrected chi connectivity index (χ4v) is 2.36. The number of nitrogens with zero attached hydrogens (tertiary/aromatic N) is 2. The highest BCUT2D eigenvalue weighted by molar-refractivity contribution is 5.78. The second-order valence-electron chi connectivity index (χ2n) is 5.17. The maximum atomic E-state index is 2.30. The van der Waals surface area contributed by atoms with Gasteiger partial charge in [-0.25, -0.2) is 9.48 Å². The summed E-state index contributed by atoms with van der Waals surface area (Å²) in [7, 11) is 0. The van der Waals surface area contributed by atoms with E-state index in [0.29, 0.717) is 0 Å². The molecule has 2 nitrogen and oxygen atoms in total. The molecule has 0 spiro atoms. The van der Waals surface area contributed by atoms with E-state index >= 15 is 0 Å². The van der Waals surface area contributed by atoms with Crippen LogP contribution in [0.25, 0.3) is 0 Å². The minimum atomic E-state index is 1.04. The zero-order chi connectivity index (χ0) is 13.2. The first-order chi connectivity index (χ1) is 9.22. The van der Waals surface area contributed by atoms with Gasteiger partial charge in [-0.1, -0.05) is 35.4 Å². The third-order valence-corrected chi connectivity index (χ3v) is 3.59. The Morgan fingerprint density at radius 2 is 1.42 bits per heavy atom. The molecular weight excluding hydrogens is 232 g/mol. The zero-order valence-electron chi connectivity index (χ0n) is 11.5. The molecule has 0 unspecified atom stereocenters. The Morgan fingerprint density at radius 1 is 0.842 bits per heavy atom. The van der Waals surface area contributed by atoms with E-state index in [1.807, 2.05) is 0 Å². The second kappa shape index (κ2) is 4.88. The lowest BCUT2D eigenvalue weighted by atomic mass is 10.2. The molecule has 1 aliphatic heterocycles. The van der Waals surface area contributed by atoms with E-state index in [0.717, 1.165) is 13.1 Å². The lowest BCUT2D eigenvalue weighted by Crippen LogP contribution is -2.17. The smallest absolute Gasteiger partial charge is 0.230 e. The molecule has 1 aliphatic rings. The van der Waals surface area contributed by atoms with Crippen molar-refractivity contribution in [3.8, 4) is 0 Å². The van der Waals surface area contributed by atoms with E-state index < -0.39 is 0 Å².